The zero-order chi connectivity index (χ0) is 35.8. The van der Waals surface area contributed by atoms with Gasteiger partial charge >= 0.3 is 0 Å². The number of ketones is 2. The van der Waals surface area contributed by atoms with E-state index in [-0.39, 0.29) is 33.9 Å². The van der Waals surface area contributed by atoms with Gasteiger partial charge in [0.1, 0.15) is 44.1 Å². The molecule has 50 heavy (non-hydrogen) atoms. The summed E-state index contributed by atoms with van der Waals surface area (Å²) in [6.07, 6.45) is 4.54. The fraction of sp³-hybridized carbons (Fsp3) is 0.0625. The Morgan fingerprint density at radius 2 is 1.02 bits per heavy atom. The van der Waals surface area contributed by atoms with E-state index in [1.54, 1.807) is 36.4 Å². The number of fused-ring (bicyclic) bond motifs is 2. The minimum absolute atomic E-state index is 0.0405. The number of nitrogens with one attached hydrogen (secondary N) is 2. The lowest BCUT2D eigenvalue weighted by Gasteiger charge is -2.16. The van der Waals surface area contributed by atoms with Gasteiger partial charge in [0.05, 0.1) is 25.6 Å². The highest BCUT2D eigenvalue weighted by Crippen LogP contribution is 2.39. The number of hydrazone groups is 2. The fourth-order valence-electron chi connectivity index (χ4n) is 5.16. The molecule has 0 radical (unpaired) electrons. The second-order valence-corrected chi connectivity index (χ2v) is 13.3. The maximum Gasteiger partial charge on any atom is 0.295 e. The van der Waals surface area contributed by atoms with E-state index in [9.17, 15) is 35.5 Å². The number of benzene rings is 2. The summed E-state index contributed by atoms with van der Waals surface area (Å²) in [6.45, 7) is 0. The van der Waals surface area contributed by atoms with Crippen LogP contribution in [0.5, 0.6) is 11.5 Å². The van der Waals surface area contributed by atoms with Crippen LogP contribution in [0.4, 0.5) is 11.4 Å². The first-order valence-electron chi connectivity index (χ1n) is 14.2. The van der Waals surface area contributed by atoms with E-state index >= 15 is 0 Å². The van der Waals surface area contributed by atoms with Gasteiger partial charge in [-0.05, 0) is 60.7 Å². The lowest BCUT2D eigenvalue weighted by molar-refractivity contribution is 0.105. The van der Waals surface area contributed by atoms with Gasteiger partial charge in [0.2, 0.25) is 11.6 Å². The molecule has 6 rings (SSSR count). The van der Waals surface area contributed by atoms with Gasteiger partial charge in [0.25, 0.3) is 20.2 Å². The van der Waals surface area contributed by atoms with Crippen molar-refractivity contribution in [3.8, 4) is 22.6 Å². The van der Waals surface area contributed by atoms with Crippen molar-refractivity contribution >= 4 is 64.4 Å². The number of pyridine rings is 2. The largest absolute Gasteiger partial charge is 0.496 e. The molecule has 16 nitrogen and oxygen atoms in total. The minimum Gasteiger partial charge on any atom is -0.496 e. The van der Waals surface area contributed by atoms with Crippen molar-refractivity contribution < 1.29 is 45.0 Å². The first kappa shape index (κ1) is 33.8. The zero-order valence-electron chi connectivity index (χ0n) is 25.8. The Hall–Kier alpha value is -6.08. The molecule has 18 heteroatoms. The van der Waals surface area contributed by atoms with E-state index in [0.29, 0.717) is 34.0 Å². The SMILES string of the molecule is COc1cc(NN=C2C=C(S(=O)(=O)O)c3cccnc3C2=O)ccc1-c1ccc(NN=C2C=C(S(=O)(=O)O)c3cccnc3C2=O)cc1OC. The third kappa shape index (κ3) is 6.50. The molecule has 2 aliphatic carbocycles. The van der Waals surface area contributed by atoms with E-state index in [0.717, 1.165) is 12.2 Å². The Morgan fingerprint density at radius 1 is 0.620 bits per heavy atom. The summed E-state index contributed by atoms with van der Waals surface area (Å²) in [5, 5.41) is 8.12. The van der Waals surface area contributed by atoms with Gasteiger partial charge in [-0.15, -0.1) is 0 Å². The smallest absolute Gasteiger partial charge is 0.295 e. The van der Waals surface area contributed by atoms with Gasteiger partial charge in [-0.2, -0.15) is 27.0 Å². The van der Waals surface area contributed by atoms with E-state index in [4.69, 9.17) is 9.47 Å². The van der Waals surface area contributed by atoms with Crippen LogP contribution in [-0.4, -0.2) is 73.1 Å². The van der Waals surface area contributed by atoms with E-state index in [1.165, 1.54) is 50.9 Å². The first-order chi connectivity index (χ1) is 23.8. The summed E-state index contributed by atoms with van der Waals surface area (Å²) in [5.41, 5.74) is 6.22. The van der Waals surface area contributed by atoms with Crippen molar-refractivity contribution in [2.75, 3.05) is 25.1 Å². The number of ether oxygens (including phenoxy) is 2. The molecule has 4 aromatic rings. The number of rotatable bonds is 9. The van der Waals surface area contributed by atoms with Gasteiger partial charge in [0, 0.05) is 46.8 Å². The van der Waals surface area contributed by atoms with Crippen LogP contribution in [-0.2, 0) is 20.2 Å². The Bertz CT molecular complexity index is 2290. The van der Waals surface area contributed by atoms with Crippen molar-refractivity contribution in [2.45, 2.75) is 0 Å². The van der Waals surface area contributed by atoms with Crippen LogP contribution in [0.25, 0.3) is 20.9 Å². The van der Waals surface area contributed by atoms with E-state index in [1.807, 2.05) is 0 Å². The number of hydrogen-bond donors (Lipinski definition) is 4. The van der Waals surface area contributed by atoms with Crippen molar-refractivity contribution in [3.05, 3.63) is 108 Å². The number of nitrogens with zero attached hydrogens (tertiary/aromatic N) is 4. The number of Topliss-reactive ketones (excluding diaryl/α,β-unsaturated/α-hetero) is 2. The third-order valence-electron chi connectivity index (χ3n) is 7.44. The fourth-order valence-corrected chi connectivity index (χ4v) is 6.56. The van der Waals surface area contributed by atoms with E-state index < -0.39 is 41.6 Å². The summed E-state index contributed by atoms with van der Waals surface area (Å²) in [7, 11) is -6.53. The predicted molar refractivity (Wildman–Crippen MR) is 183 cm³/mol. The van der Waals surface area contributed by atoms with Gasteiger partial charge in [-0.25, -0.2) is 0 Å². The number of carbonyl (C=O) groups is 2. The van der Waals surface area contributed by atoms with Gasteiger partial charge in [-0.3, -0.25) is 39.5 Å². The molecule has 2 heterocycles. The highest BCUT2D eigenvalue weighted by Gasteiger charge is 2.32. The van der Waals surface area contributed by atoms with Gasteiger partial charge in [-0.1, -0.05) is 0 Å². The number of anilines is 2. The molecule has 0 amide bonds. The lowest BCUT2D eigenvalue weighted by Crippen LogP contribution is -2.23. The van der Waals surface area contributed by atoms with Crippen LogP contribution in [0, 0.1) is 0 Å². The topological polar surface area (TPSA) is 236 Å². The molecule has 0 atom stereocenters. The normalized spacial score (nSPS) is 15.9. The van der Waals surface area contributed by atoms with Crippen LogP contribution in [0.15, 0.2) is 95.4 Å². The zero-order valence-corrected chi connectivity index (χ0v) is 27.5. The third-order valence-corrected chi connectivity index (χ3v) is 9.22. The molecule has 4 N–H and O–H groups in total. The van der Waals surface area contributed by atoms with Gasteiger partial charge < -0.3 is 9.47 Å². The molecule has 2 aliphatic rings. The van der Waals surface area contributed by atoms with Crippen molar-refractivity contribution in [2.24, 2.45) is 10.2 Å². The Morgan fingerprint density at radius 3 is 1.38 bits per heavy atom. The molecule has 0 unspecified atom stereocenters. The van der Waals surface area contributed by atoms with Crippen molar-refractivity contribution in [1.29, 1.82) is 0 Å². The molecule has 0 aliphatic heterocycles. The number of hydrogen-bond acceptors (Lipinski definition) is 14. The standard InChI is InChI=1S/C32H24N6O10S2/c1-47-25-13-17(35-37-23-15-27(49(41,42)43)21-5-3-11-33-29(21)31(23)39)7-9-19(25)20-10-8-18(14-26(20)48-2)36-38-24-16-28(50(44,45)46)22-6-4-12-34-30(22)32(24)40/h3-16,35-36H,1-2H3,(H,41,42,43)(H,44,45,46). The molecule has 0 saturated carbocycles. The van der Waals surface area contributed by atoms with Crippen LogP contribution >= 0.6 is 0 Å². The Balaban J connectivity index is 1.27. The summed E-state index contributed by atoms with van der Waals surface area (Å²) in [6, 6.07) is 15.3. The Kier molecular flexibility index (Phi) is 8.85. The molecular formula is C32H24N6O10S2. The van der Waals surface area contributed by atoms with Crippen LogP contribution in [0.3, 0.4) is 0 Å². The number of aromatic nitrogens is 2. The predicted octanol–water partition coefficient (Wildman–Crippen LogP) is 3.95. The Labute approximate surface area is 284 Å². The van der Waals surface area contributed by atoms with Crippen molar-refractivity contribution in [3.63, 3.8) is 0 Å². The van der Waals surface area contributed by atoms with Gasteiger partial charge in [0.15, 0.2) is 0 Å². The lowest BCUT2D eigenvalue weighted by atomic mass is 10.00. The summed E-state index contributed by atoms with van der Waals surface area (Å²) in [5.74, 6) is -0.603. The summed E-state index contributed by atoms with van der Waals surface area (Å²) >= 11 is 0. The number of carbonyl (C=O) groups excluding carboxylic acids is 2. The summed E-state index contributed by atoms with van der Waals surface area (Å²) in [4.78, 5) is 32.8. The van der Waals surface area contributed by atoms with Crippen LogP contribution in [0.2, 0.25) is 0 Å². The van der Waals surface area contributed by atoms with Crippen LogP contribution < -0.4 is 20.3 Å². The minimum atomic E-state index is -4.70. The molecule has 0 saturated heterocycles. The maximum absolute atomic E-state index is 13.0. The molecule has 2 aromatic heterocycles. The van der Waals surface area contributed by atoms with Crippen LogP contribution in [0.1, 0.15) is 32.1 Å². The maximum atomic E-state index is 13.0. The first-order valence-corrected chi connectivity index (χ1v) is 17.1. The highest BCUT2D eigenvalue weighted by molar-refractivity contribution is 7.95. The molecule has 0 spiro atoms. The summed E-state index contributed by atoms with van der Waals surface area (Å²) < 4.78 is 78.6. The molecular weight excluding hydrogens is 693 g/mol. The average Bonchev–Trinajstić information content (AvgIpc) is 3.10. The molecule has 0 fully saturated rings. The van der Waals surface area contributed by atoms with E-state index in [2.05, 4.69) is 31.0 Å². The number of allylic oxidation sites excluding steroid dienone is 2. The second-order valence-electron chi connectivity index (χ2n) is 10.5. The molecule has 2 aromatic carbocycles. The molecule has 0 bridgehead atoms. The second kappa shape index (κ2) is 13.1. The number of methoxy groups -OCH3 is 2. The monoisotopic (exact) mass is 716 g/mol. The van der Waals surface area contributed by atoms with Crippen molar-refractivity contribution in [1.82, 2.24) is 9.97 Å². The highest BCUT2D eigenvalue weighted by atomic mass is 32.2. The quantitative estimate of drug-likeness (QED) is 0.142. The molecule has 254 valence electrons. The average molecular weight is 717 g/mol.